The normalized spacial score (nSPS) is 9.40. The molecule has 0 fully saturated rings. The highest BCUT2D eigenvalue weighted by Crippen LogP contribution is 2.23. The first-order chi connectivity index (χ1) is 7.19. The van der Waals surface area contributed by atoms with Crippen molar-refractivity contribution >= 4 is 5.57 Å². The molecule has 1 aromatic carbocycles. The van der Waals surface area contributed by atoms with Crippen molar-refractivity contribution in [3.05, 3.63) is 35.9 Å². The third kappa shape index (κ3) is 2.89. The molecule has 1 aromatic rings. The predicted octanol–water partition coefficient (Wildman–Crippen LogP) is 3.29. The van der Waals surface area contributed by atoms with E-state index in [1.54, 1.807) is 0 Å². The van der Waals surface area contributed by atoms with Crippen molar-refractivity contribution in [3.63, 3.8) is 0 Å². The molecule has 0 saturated heterocycles. The molecule has 0 amide bonds. The molecule has 0 saturated carbocycles. The number of benzene rings is 1. The van der Waals surface area contributed by atoms with Crippen molar-refractivity contribution in [2.24, 2.45) is 0 Å². The van der Waals surface area contributed by atoms with E-state index in [0.717, 1.165) is 23.3 Å². The first kappa shape index (κ1) is 11.4. The summed E-state index contributed by atoms with van der Waals surface area (Å²) < 4.78 is 5.37. The zero-order valence-corrected chi connectivity index (χ0v) is 9.34. The van der Waals surface area contributed by atoms with Crippen LogP contribution in [0.3, 0.4) is 0 Å². The molecule has 15 heavy (non-hydrogen) atoms. The van der Waals surface area contributed by atoms with Crippen LogP contribution in [0.4, 0.5) is 0 Å². The number of allylic oxidation sites excluding steroid dienone is 1. The summed E-state index contributed by atoms with van der Waals surface area (Å²) in [6.07, 6.45) is 6.14. The Morgan fingerprint density at radius 3 is 2.80 bits per heavy atom. The summed E-state index contributed by atoms with van der Waals surface area (Å²) in [5.41, 5.74) is 3.50. The summed E-state index contributed by atoms with van der Waals surface area (Å²) in [7, 11) is 0. The molecule has 0 heterocycles. The Labute approximate surface area is 91.8 Å². The second-order valence-electron chi connectivity index (χ2n) is 3.45. The minimum atomic E-state index is 0.307. The Hall–Kier alpha value is -1.68. The summed E-state index contributed by atoms with van der Waals surface area (Å²) in [6, 6.07) is 6.01. The Kier molecular flexibility index (Phi) is 4.00. The Bertz CT molecular complexity index is 396. The molecule has 0 atom stereocenters. The van der Waals surface area contributed by atoms with Crippen molar-refractivity contribution in [2.75, 3.05) is 6.61 Å². The van der Waals surface area contributed by atoms with Crippen LogP contribution in [-0.2, 0) is 6.42 Å². The lowest BCUT2D eigenvalue weighted by Gasteiger charge is -2.10. The highest BCUT2D eigenvalue weighted by Gasteiger charge is 2.03. The molecule has 0 bridgehead atoms. The molecule has 0 aliphatic rings. The number of aryl methyl sites for hydroxylation is 1. The molecule has 78 valence electrons. The van der Waals surface area contributed by atoms with E-state index in [1.165, 1.54) is 5.56 Å². The smallest absolute Gasteiger partial charge is 0.148 e. The molecule has 0 aromatic heterocycles. The number of hydrogen-bond donors (Lipinski definition) is 0. The van der Waals surface area contributed by atoms with E-state index in [9.17, 15) is 0 Å². The lowest BCUT2D eigenvalue weighted by atomic mass is 10.00. The van der Waals surface area contributed by atoms with Gasteiger partial charge in [-0.15, -0.1) is 6.42 Å². The summed E-state index contributed by atoms with van der Waals surface area (Å²) in [6.45, 7) is 8.39. The standard InChI is InChI=1S/C14H16O/c1-5-9-15-13-8-7-12(6-2)14(10-13)11(3)4/h1,7-8,10H,3,6,9H2,2,4H3. The molecule has 0 aliphatic heterocycles. The number of terminal acetylenes is 1. The van der Waals surface area contributed by atoms with Crippen LogP contribution >= 0.6 is 0 Å². The third-order valence-electron chi connectivity index (χ3n) is 2.24. The van der Waals surface area contributed by atoms with Gasteiger partial charge in [0.15, 0.2) is 0 Å². The Balaban J connectivity index is 3.00. The van der Waals surface area contributed by atoms with Gasteiger partial charge in [-0.3, -0.25) is 0 Å². The first-order valence-corrected chi connectivity index (χ1v) is 5.04. The van der Waals surface area contributed by atoms with Crippen molar-refractivity contribution in [2.45, 2.75) is 20.3 Å². The second-order valence-corrected chi connectivity index (χ2v) is 3.45. The molecule has 0 unspecified atom stereocenters. The molecule has 0 spiro atoms. The highest BCUT2D eigenvalue weighted by molar-refractivity contribution is 5.66. The molecule has 0 radical (unpaired) electrons. The maximum atomic E-state index is 5.37. The van der Waals surface area contributed by atoms with Crippen LogP contribution in [0.2, 0.25) is 0 Å². The Morgan fingerprint density at radius 2 is 2.27 bits per heavy atom. The van der Waals surface area contributed by atoms with Crippen molar-refractivity contribution < 1.29 is 4.74 Å². The van der Waals surface area contributed by atoms with Gasteiger partial charge in [-0.2, -0.15) is 0 Å². The van der Waals surface area contributed by atoms with Crippen LogP contribution in [0.25, 0.3) is 5.57 Å². The second kappa shape index (κ2) is 5.26. The van der Waals surface area contributed by atoms with Crippen LogP contribution in [0, 0.1) is 12.3 Å². The van der Waals surface area contributed by atoms with Crippen LogP contribution in [0.15, 0.2) is 24.8 Å². The lowest BCUT2D eigenvalue weighted by Crippen LogP contribution is -1.96. The minimum absolute atomic E-state index is 0.307. The van der Waals surface area contributed by atoms with Crippen molar-refractivity contribution in [1.82, 2.24) is 0 Å². The fourth-order valence-corrected chi connectivity index (χ4v) is 1.48. The van der Waals surface area contributed by atoms with Gasteiger partial charge in [0.25, 0.3) is 0 Å². The molecule has 1 rings (SSSR count). The van der Waals surface area contributed by atoms with Crippen LogP contribution in [0.5, 0.6) is 5.75 Å². The average molecular weight is 200 g/mol. The van der Waals surface area contributed by atoms with Crippen molar-refractivity contribution in [1.29, 1.82) is 0 Å². The van der Waals surface area contributed by atoms with E-state index in [-0.39, 0.29) is 0 Å². The quantitative estimate of drug-likeness (QED) is 0.678. The summed E-state index contributed by atoms with van der Waals surface area (Å²) >= 11 is 0. The van der Waals surface area contributed by atoms with Gasteiger partial charge >= 0.3 is 0 Å². The van der Waals surface area contributed by atoms with E-state index in [1.807, 2.05) is 19.1 Å². The van der Waals surface area contributed by atoms with Gasteiger partial charge in [0.1, 0.15) is 12.4 Å². The molecule has 0 N–H and O–H groups in total. The molecular formula is C14H16O. The van der Waals surface area contributed by atoms with E-state index < -0.39 is 0 Å². The fourth-order valence-electron chi connectivity index (χ4n) is 1.48. The molecule has 1 nitrogen and oxygen atoms in total. The predicted molar refractivity (Wildman–Crippen MR) is 64.9 cm³/mol. The first-order valence-electron chi connectivity index (χ1n) is 5.04. The highest BCUT2D eigenvalue weighted by atomic mass is 16.5. The van der Waals surface area contributed by atoms with Gasteiger partial charge in [-0.25, -0.2) is 0 Å². The fraction of sp³-hybridized carbons (Fsp3) is 0.286. The van der Waals surface area contributed by atoms with E-state index in [4.69, 9.17) is 11.2 Å². The monoisotopic (exact) mass is 200 g/mol. The third-order valence-corrected chi connectivity index (χ3v) is 2.24. The van der Waals surface area contributed by atoms with Gasteiger partial charge < -0.3 is 4.74 Å². The largest absolute Gasteiger partial charge is 0.481 e. The van der Waals surface area contributed by atoms with Crippen LogP contribution in [0.1, 0.15) is 25.0 Å². The van der Waals surface area contributed by atoms with Gasteiger partial charge in [0.2, 0.25) is 0 Å². The number of hydrogen-bond acceptors (Lipinski definition) is 1. The van der Waals surface area contributed by atoms with Crippen molar-refractivity contribution in [3.8, 4) is 18.1 Å². The van der Waals surface area contributed by atoms with E-state index in [2.05, 4.69) is 25.5 Å². The SMILES string of the molecule is C#CCOc1ccc(CC)c(C(=C)C)c1. The summed E-state index contributed by atoms with van der Waals surface area (Å²) in [5.74, 6) is 3.26. The minimum Gasteiger partial charge on any atom is -0.481 e. The van der Waals surface area contributed by atoms with Gasteiger partial charge in [0.05, 0.1) is 0 Å². The molecular weight excluding hydrogens is 184 g/mol. The van der Waals surface area contributed by atoms with Crippen LogP contribution < -0.4 is 4.74 Å². The molecule has 1 heteroatoms. The maximum Gasteiger partial charge on any atom is 0.148 e. The van der Waals surface area contributed by atoms with Gasteiger partial charge in [-0.05, 0) is 36.6 Å². The van der Waals surface area contributed by atoms with Gasteiger partial charge in [-0.1, -0.05) is 31.1 Å². The Morgan fingerprint density at radius 1 is 1.53 bits per heavy atom. The summed E-state index contributed by atoms with van der Waals surface area (Å²) in [4.78, 5) is 0. The van der Waals surface area contributed by atoms with E-state index in [0.29, 0.717) is 6.61 Å². The lowest BCUT2D eigenvalue weighted by molar-refractivity contribution is 0.370. The molecule has 0 aliphatic carbocycles. The number of ether oxygens (including phenoxy) is 1. The zero-order valence-electron chi connectivity index (χ0n) is 9.34. The maximum absolute atomic E-state index is 5.37. The van der Waals surface area contributed by atoms with E-state index >= 15 is 0 Å². The number of rotatable bonds is 4. The average Bonchev–Trinajstić information content (AvgIpc) is 2.25. The van der Waals surface area contributed by atoms with Crippen LogP contribution in [-0.4, -0.2) is 6.61 Å². The summed E-state index contributed by atoms with van der Waals surface area (Å²) in [5, 5.41) is 0. The van der Waals surface area contributed by atoms with Gasteiger partial charge in [0, 0.05) is 0 Å². The topological polar surface area (TPSA) is 9.23 Å². The zero-order chi connectivity index (χ0) is 11.3.